The molecule has 4 rings (SSSR count). The molecule has 1 amide bonds. The molecule has 0 aromatic heterocycles. The summed E-state index contributed by atoms with van der Waals surface area (Å²) < 4.78 is 13.3. The first-order valence-electron chi connectivity index (χ1n) is 9.79. The molecule has 2 aliphatic rings. The summed E-state index contributed by atoms with van der Waals surface area (Å²) in [5.41, 5.74) is -0.0805. The Morgan fingerprint density at radius 2 is 1.79 bits per heavy atom. The second kappa shape index (κ2) is 7.53. The Kier molecular flexibility index (Phi) is 5.08. The van der Waals surface area contributed by atoms with Gasteiger partial charge in [-0.15, -0.1) is 0 Å². The molecule has 2 aromatic carbocycles. The lowest BCUT2D eigenvalue weighted by Crippen LogP contribution is -2.61. The number of hydrogen-bond acceptors (Lipinski definition) is 4. The summed E-state index contributed by atoms with van der Waals surface area (Å²) >= 11 is 0. The van der Waals surface area contributed by atoms with Crippen LogP contribution in [-0.4, -0.2) is 58.1 Å². The molecule has 0 aliphatic carbocycles. The number of carbonyl (C=O) groups excluding carboxylic acids is 1. The van der Waals surface area contributed by atoms with Crippen molar-refractivity contribution >= 4 is 5.91 Å². The van der Waals surface area contributed by atoms with Crippen LogP contribution in [0.2, 0.25) is 0 Å². The number of rotatable bonds is 3. The van der Waals surface area contributed by atoms with E-state index >= 15 is 0 Å². The summed E-state index contributed by atoms with van der Waals surface area (Å²) in [7, 11) is 0. The number of nitrogens with zero attached hydrogens (tertiary/aromatic N) is 2. The van der Waals surface area contributed by atoms with E-state index in [9.17, 15) is 19.4 Å². The lowest BCUT2D eigenvalue weighted by molar-refractivity contribution is -0.0878. The third-order valence-corrected chi connectivity index (χ3v) is 6.04. The smallest absolute Gasteiger partial charge is 0.257 e. The van der Waals surface area contributed by atoms with Crippen molar-refractivity contribution in [3.05, 3.63) is 65.5 Å². The molecule has 2 aliphatic heterocycles. The first-order valence-corrected chi connectivity index (χ1v) is 9.79. The first-order chi connectivity index (χ1) is 13.5. The molecule has 28 heavy (non-hydrogen) atoms. The van der Waals surface area contributed by atoms with Crippen LogP contribution in [0.25, 0.3) is 0 Å². The topological polar surface area (TPSA) is 64.0 Å². The number of piperidine rings is 1. The van der Waals surface area contributed by atoms with Crippen molar-refractivity contribution in [2.75, 3.05) is 26.2 Å². The predicted octanol–water partition coefficient (Wildman–Crippen LogP) is 2.73. The van der Waals surface area contributed by atoms with Crippen LogP contribution in [0.15, 0.2) is 48.5 Å². The van der Waals surface area contributed by atoms with Gasteiger partial charge in [0.15, 0.2) is 0 Å². The zero-order valence-electron chi connectivity index (χ0n) is 15.7. The molecule has 2 fully saturated rings. The van der Waals surface area contributed by atoms with Gasteiger partial charge in [0, 0.05) is 19.2 Å². The number of benzene rings is 2. The minimum atomic E-state index is -1.03. The monoisotopic (exact) mass is 384 g/mol. The van der Waals surface area contributed by atoms with E-state index in [0.29, 0.717) is 19.5 Å². The maximum Gasteiger partial charge on any atom is 0.257 e. The summed E-state index contributed by atoms with van der Waals surface area (Å²) in [6.45, 7) is 2.51. The Hall–Kier alpha value is -2.44. The predicted molar refractivity (Wildman–Crippen MR) is 104 cm³/mol. The van der Waals surface area contributed by atoms with E-state index in [1.165, 1.54) is 12.1 Å². The Morgan fingerprint density at radius 1 is 1.07 bits per heavy atom. The van der Waals surface area contributed by atoms with E-state index < -0.39 is 11.4 Å². The Morgan fingerprint density at radius 3 is 2.46 bits per heavy atom. The number of phenolic OH excluding ortho intramolecular Hbond substituents is 1. The van der Waals surface area contributed by atoms with E-state index in [-0.39, 0.29) is 23.3 Å². The highest BCUT2D eigenvalue weighted by atomic mass is 19.1. The van der Waals surface area contributed by atoms with Gasteiger partial charge in [-0.3, -0.25) is 9.69 Å². The number of aliphatic hydroxyl groups is 1. The second-order valence-corrected chi connectivity index (χ2v) is 7.71. The zero-order chi connectivity index (χ0) is 19.7. The highest BCUT2D eigenvalue weighted by molar-refractivity contribution is 5.97. The van der Waals surface area contributed by atoms with Crippen LogP contribution in [0.4, 0.5) is 4.39 Å². The third kappa shape index (κ3) is 3.38. The minimum absolute atomic E-state index is 0.0896. The summed E-state index contributed by atoms with van der Waals surface area (Å²) in [6, 6.07) is 12.9. The molecule has 2 N–H and O–H groups in total. The van der Waals surface area contributed by atoms with Gasteiger partial charge in [-0.25, -0.2) is 4.39 Å². The van der Waals surface area contributed by atoms with Gasteiger partial charge in [-0.1, -0.05) is 30.3 Å². The highest BCUT2D eigenvalue weighted by Gasteiger charge is 2.47. The van der Waals surface area contributed by atoms with Crippen LogP contribution in [0.3, 0.4) is 0 Å². The van der Waals surface area contributed by atoms with Crippen molar-refractivity contribution in [3.63, 3.8) is 0 Å². The number of amides is 1. The van der Waals surface area contributed by atoms with Crippen molar-refractivity contribution in [1.82, 2.24) is 9.80 Å². The van der Waals surface area contributed by atoms with Gasteiger partial charge in [0.05, 0.1) is 11.6 Å². The Bertz CT molecular complexity index is 854. The van der Waals surface area contributed by atoms with E-state index in [1.807, 2.05) is 30.3 Å². The van der Waals surface area contributed by atoms with E-state index in [0.717, 1.165) is 37.6 Å². The van der Waals surface area contributed by atoms with Crippen molar-refractivity contribution < 1.29 is 19.4 Å². The van der Waals surface area contributed by atoms with Crippen molar-refractivity contribution in [2.45, 2.75) is 30.9 Å². The standard InChI is InChI=1S/C22H25FN2O3/c23-17-8-9-18(19(26)14-17)21(27)25-13-10-22(28,16-6-2-1-3-7-16)20(15-25)24-11-4-5-12-24/h1-3,6-9,14,20,26,28H,4-5,10-13,15H2/t20-,22+/m1/s1. The molecule has 2 saturated heterocycles. The number of hydrogen-bond donors (Lipinski definition) is 2. The highest BCUT2D eigenvalue weighted by Crippen LogP contribution is 2.38. The van der Waals surface area contributed by atoms with Gasteiger partial charge in [0.25, 0.3) is 5.91 Å². The largest absolute Gasteiger partial charge is 0.507 e. The molecule has 2 atom stereocenters. The van der Waals surface area contributed by atoms with Gasteiger partial charge in [0.2, 0.25) is 0 Å². The minimum Gasteiger partial charge on any atom is -0.507 e. The second-order valence-electron chi connectivity index (χ2n) is 7.71. The zero-order valence-corrected chi connectivity index (χ0v) is 15.7. The number of likely N-dealkylation sites (tertiary alicyclic amines) is 2. The normalized spacial score (nSPS) is 25.8. The molecule has 2 aromatic rings. The van der Waals surface area contributed by atoms with Gasteiger partial charge in [-0.05, 0) is 50.0 Å². The fourth-order valence-corrected chi connectivity index (χ4v) is 4.50. The average Bonchev–Trinajstić information content (AvgIpc) is 3.23. The van der Waals surface area contributed by atoms with Crippen LogP contribution in [-0.2, 0) is 5.60 Å². The molecular formula is C22H25FN2O3. The van der Waals surface area contributed by atoms with E-state index in [1.54, 1.807) is 4.90 Å². The summed E-state index contributed by atoms with van der Waals surface area (Å²) in [5, 5.41) is 21.6. The Balaban J connectivity index is 1.63. The molecule has 0 saturated carbocycles. The van der Waals surface area contributed by atoms with Gasteiger partial charge in [0.1, 0.15) is 17.2 Å². The lowest BCUT2D eigenvalue weighted by Gasteiger charge is -2.48. The molecule has 148 valence electrons. The molecule has 0 unspecified atom stereocenters. The number of aromatic hydroxyl groups is 1. The molecular weight excluding hydrogens is 359 g/mol. The fraction of sp³-hybridized carbons (Fsp3) is 0.409. The maximum atomic E-state index is 13.3. The van der Waals surface area contributed by atoms with Gasteiger partial charge in [-0.2, -0.15) is 0 Å². The maximum absolute atomic E-state index is 13.3. The van der Waals surface area contributed by atoms with Gasteiger partial charge < -0.3 is 15.1 Å². The van der Waals surface area contributed by atoms with Gasteiger partial charge >= 0.3 is 0 Å². The number of phenols is 1. The third-order valence-electron chi connectivity index (χ3n) is 6.04. The molecule has 2 heterocycles. The molecule has 0 radical (unpaired) electrons. The lowest BCUT2D eigenvalue weighted by atomic mass is 9.79. The quantitative estimate of drug-likeness (QED) is 0.854. The van der Waals surface area contributed by atoms with Crippen molar-refractivity contribution in [1.29, 1.82) is 0 Å². The van der Waals surface area contributed by atoms with E-state index in [2.05, 4.69) is 4.90 Å². The fourth-order valence-electron chi connectivity index (χ4n) is 4.50. The average molecular weight is 384 g/mol. The molecule has 0 spiro atoms. The molecule has 0 bridgehead atoms. The number of carbonyl (C=O) groups is 1. The van der Waals surface area contributed by atoms with Crippen LogP contribution in [0.5, 0.6) is 5.75 Å². The number of halogens is 1. The summed E-state index contributed by atoms with van der Waals surface area (Å²) in [4.78, 5) is 16.9. The van der Waals surface area contributed by atoms with Crippen LogP contribution in [0.1, 0.15) is 35.2 Å². The van der Waals surface area contributed by atoms with Crippen molar-refractivity contribution in [2.24, 2.45) is 0 Å². The molecule has 6 heteroatoms. The van der Waals surface area contributed by atoms with Crippen LogP contribution >= 0.6 is 0 Å². The first kappa shape index (κ1) is 18.9. The SMILES string of the molecule is O=C(c1ccc(F)cc1O)N1CC[C@](O)(c2ccccc2)[C@H](N2CCCC2)C1. The summed E-state index contributed by atoms with van der Waals surface area (Å²) in [5.74, 6) is -1.27. The van der Waals surface area contributed by atoms with Crippen LogP contribution < -0.4 is 0 Å². The van der Waals surface area contributed by atoms with E-state index in [4.69, 9.17) is 0 Å². The molecule has 5 nitrogen and oxygen atoms in total. The summed E-state index contributed by atoms with van der Waals surface area (Å²) in [6.07, 6.45) is 2.56. The Labute approximate surface area is 164 Å². The van der Waals surface area contributed by atoms with Crippen molar-refractivity contribution in [3.8, 4) is 5.75 Å². The van der Waals surface area contributed by atoms with Crippen LogP contribution in [0, 0.1) is 5.82 Å².